The Kier molecular flexibility index (Phi) is 4.96. The summed E-state index contributed by atoms with van der Waals surface area (Å²) in [6.07, 6.45) is 4.71. The number of amides is 3. The minimum atomic E-state index is -0.639. The number of nitrogens with zero attached hydrogens (tertiary/aromatic N) is 5. The van der Waals surface area contributed by atoms with Gasteiger partial charge in [-0.1, -0.05) is 17.7 Å². The number of likely N-dealkylation sites (tertiary alicyclic amines) is 1. The lowest BCUT2D eigenvalue weighted by Gasteiger charge is -2.37. The zero-order valence-corrected chi connectivity index (χ0v) is 19.2. The van der Waals surface area contributed by atoms with Gasteiger partial charge in [-0.3, -0.25) is 19.3 Å². The van der Waals surface area contributed by atoms with Crippen molar-refractivity contribution in [3.8, 4) is 6.07 Å². The smallest absolute Gasteiger partial charge is 0.260 e. The molecule has 1 saturated carbocycles. The maximum absolute atomic E-state index is 13.2. The molecule has 2 aromatic heterocycles. The standard InChI is InChI=1S/C24H20ClN7O3/c25-17-3-1-2-14-16(17)11-32(23(14)34)18-8-28-21-20(29-18)15(7-27-21)22(33)30-19(13-4-5-13)24(35)31-9-12(6-26)10-31/h1-3,7-8,12-13,19H,4-5,9-11H2,(H,27,28)(H,30,33)/t19-/m0/s1. The van der Waals surface area contributed by atoms with Crippen molar-refractivity contribution < 1.29 is 14.4 Å². The van der Waals surface area contributed by atoms with E-state index in [0.29, 0.717) is 40.7 Å². The average Bonchev–Trinajstić information content (AvgIpc) is 3.48. The second-order valence-corrected chi connectivity index (χ2v) is 9.55. The zero-order valence-electron chi connectivity index (χ0n) is 18.5. The SMILES string of the molecule is N#CC1CN(C(=O)[C@@H](NC(=O)c2c[nH]c3ncc(N4Cc5c(Cl)cccc5C4=O)nc23)C2CC2)C1. The first-order valence-corrected chi connectivity index (χ1v) is 11.7. The Balaban J connectivity index is 1.25. The van der Waals surface area contributed by atoms with Crippen LogP contribution in [0.4, 0.5) is 5.82 Å². The van der Waals surface area contributed by atoms with E-state index in [2.05, 4.69) is 26.3 Å². The van der Waals surface area contributed by atoms with Crippen molar-refractivity contribution in [2.45, 2.75) is 25.4 Å². The lowest BCUT2D eigenvalue weighted by molar-refractivity contribution is -0.138. The summed E-state index contributed by atoms with van der Waals surface area (Å²) >= 11 is 6.27. The van der Waals surface area contributed by atoms with Gasteiger partial charge in [-0.05, 0) is 30.9 Å². The molecule has 0 spiro atoms. The molecule has 1 atom stereocenters. The number of halogens is 1. The number of rotatable bonds is 5. The number of H-pyrrole nitrogens is 1. The number of nitriles is 1. The molecule has 11 heteroatoms. The van der Waals surface area contributed by atoms with Gasteiger partial charge in [-0.2, -0.15) is 5.26 Å². The van der Waals surface area contributed by atoms with Crippen LogP contribution in [0.2, 0.25) is 5.02 Å². The van der Waals surface area contributed by atoms with Crippen LogP contribution < -0.4 is 10.2 Å². The van der Waals surface area contributed by atoms with Crippen molar-refractivity contribution in [2.75, 3.05) is 18.0 Å². The van der Waals surface area contributed by atoms with E-state index < -0.39 is 11.9 Å². The third kappa shape index (κ3) is 3.59. The lowest BCUT2D eigenvalue weighted by Crippen LogP contribution is -2.57. The monoisotopic (exact) mass is 489 g/mol. The molecule has 4 heterocycles. The van der Waals surface area contributed by atoms with E-state index >= 15 is 0 Å². The topological polar surface area (TPSA) is 135 Å². The zero-order chi connectivity index (χ0) is 24.3. The summed E-state index contributed by atoms with van der Waals surface area (Å²) in [7, 11) is 0. The highest BCUT2D eigenvalue weighted by molar-refractivity contribution is 6.32. The predicted octanol–water partition coefficient (Wildman–Crippen LogP) is 2.26. The number of hydrogen-bond acceptors (Lipinski definition) is 6. The minimum absolute atomic E-state index is 0.0879. The Bertz CT molecular complexity index is 1430. The van der Waals surface area contributed by atoms with Crippen molar-refractivity contribution in [1.82, 2.24) is 25.2 Å². The molecule has 2 aliphatic heterocycles. The Morgan fingerprint density at radius 2 is 2.09 bits per heavy atom. The number of carbonyl (C=O) groups excluding carboxylic acids is 3. The molecule has 0 radical (unpaired) electrons. The fraction of sp³-hybridized carbons (Fsp3) is 0.333. The number of anilines is 1. The van der Waals surface area contributed by atoms with Crippen LogP contribution >= 0.6 is 11.6 Å². The first kappa shape index (κ1) is 21.6. The summed E-state index contributed by atoms with van der Waals surface area (Å²) in [6, 6.07) is 6.70. The summed E-state index contributed by atoms with van der Waals surface area (Å²) in [5, 5.41) is 12.4. The fourth-order valence-corrected chi connectivity index (χ4v) is 4.87. The maximum Gasteiger partial charge on any atom is 0.260 e. The van der Waals surface area contributed by atoms with Crippen LogP contribution in [0.3, 0.4) is 0 Å². The van der Waals surface area contributed by atoms with Gasteiger partial charge in [-0.15, -0.1) is 0 Å². The predicted molar refractivity (Wildman–Crippen MR) is 126 cm³/mol. The van der Waals surface area contributed by atoms with Crippen molar-refractivity contribution in [2.24, 2.45) is 11.8 Å². The van der Waals surface area contributed by atoms with E-state index in [4.69, 9.17) is 16.9 Å². The van der Waals surface area contributed by atoms with E-state index in [0.717, 1.165) is 18.4 Å². The molecule has 2 fully saturated rings. The van der Waals surface area contributed by atoms with Gasteiger partial charge in [0, 0.05) is 35.4 Å². The molecule has 0 bridgehead atoms. The normalized spacial score (nSPS) is 18.2. The maximum atomic E-state index is 13.2. The molecular formula is C24H20ClN7O3. The van der Waals surface area contributed by atoms with Gasteiger partial charge >= 0.3 is 0 Å². The Labute approximate surface area is 204 Å². The lowest BCUT2D eigenvalue weighted by atomic mass is 9.99. The second kappa shape index (κ2) is 8.06. The van der Waals surface area contributed by atoms with E-state index in [1.54, 1.807) is 23.1 Å². The third-order valence-corrected chi connectivity index (χ3v) is 7.18. The van der Waals surface area contributed by atoms with Crippen molar-refractivity contribution in [1.29, 1.82) is 5.26 Å². The summed E-state index contributed by atoms with van der Waals surface area (Å²) in [4.78, 5) is 54.1. The highest BCUT2D eigenvalue weighted by atomic mass is 35.5. The largest absolute Gasteiger partial charge is 0.344 e. The quantitative estimate of drug-likeness (QED) is 0.564. The van der Waals surface area contributed by atoms with Crippen LogP contribution in [0.5, 0.6) is 0 Å². The molecule has 3 aromatic rings. The van der Waals surface area contributed by atoms with Crippen LogP contribution in [0, 0.1) is 23.2 Å². The molecule has 3 aliphatic rings. The molecule has 1 aromatic carbocycles. The number of benzene rings is 1. The highest BCUT2D eigenvalue weighted by Gasteiger charge is 2.43. The van der Waals surface area contributed by atoms with E-state index in [9.17, 15) is 14.4 Å². The Hall–Kier alpha value is -3.97. The van der Waals surface area contributed by atoms with Gasteiger partial charge in [0.15, 0.2) is 11.5 Å². The van der Waals surface area contributed by atoms with Gasteiger partial charge in [0.25, 0.3) is 11.8 Å². The van der Waals surface area contributed by atoms with Crippen molar-refractivity contribution >= 4 is 46.3 Å². The molecule has 3 amide bonds. The van der Waals surface area contributed by atoms with Crippen LogP contribution in [0.25, 0.3) is 11.2 Å². The summed E-state index contributed by atoms with van der Waals surface area (Å²) in [5.74, 6) is -0.583. The minimum Gasteiger partial charge on any atom is -0.344 e. The van der Waals surface area contributed by atoms with E-state index in [1.165, 1.54) is 17.3 Å². The van der Waals surface area contributed by atoms with Crippen LogP contribution in [0.15, 0.2) is 30.6 Å². The number of aromatic amines is 1. The van der Waals surface area contributed by atoms with E-state index in [1.807, 2.05) is 0 Å². The third-order valence-electron chi connectivity index (χ3n) is 6.82. The van der Waals surface area contributed by atoms with Crippen LogP contribution in [-0.2, 0) is 11.3 Å². The first-order chi connectivity index (χ1) is 16.9. The highest BCUT2D eigenvalue weighted by Crippen LogP contribution is 2.35. The fourth-order valence-electron chi connectivity index (χ4n) is 4.63. The number of fused-ring (bicyclic) bond motifs is 2. The summed E-state index contributed by atoms with van der Waals surface area (Å²) in [5.41, 5.74) is 2.19. The van der Waals surface area contributed by atoms with Gasteiger partial charge in [-0.25, -0.2) is 9.97 Å². The van der Waals surface area contributed by atoms with Gasteiger partial charge in [0.2, 0.25) is 5.91 Å². The summed E-state index contributed by atoms with van der Waals surface area (Å²) < 4.78 is 0. The molecule has 176 valence electrons. The number of nitrogens with one attached hydrogen (secondary N) is 2. The Morgan fingerprint density at radius 1 is 1.29 bits per heavy atom. The van der Waals surface area contributed by atoms with Crippen molar-refractivity contribution in [3.63, 3.8) is 0 Å². The molecule has 1 aliphatic carbocycles. The average molecular weight is 490 g/mol. The molecular weight excluding hydrogens is 470 g/mol. The Morgan fingerprint density at radius 3 is 2.80 bits per heavy atom. The van der Waals surface area contributed by atoms with Gasteiger partial charge in [0.05, 0.1) is 30.3 Å². The molecule has 6 rings (SSSR count). The van der Waals surface area contributed by atoms with Gasteiger partial charge in [0.1, 0.15) is 11.6 Å². The molecule has 35 heavy (non-hydrogen) atoms. The molecule has 2 N–H and O–H groups in total. The van der Waals surface area contributed by atoms with Crippen LogP contribution in [-0.4, -0.2) is 56.7 Å². The molecule has 0 unspecified atom stereocenters. The summed E-state index contributed by atoms with van der Waals surface area (Å²) in [6.45, 7) is 1.05. The second-order valence-electron chi connectivity index (χ2n) is 9.14. The number of carbonyl (C=O) groups is 3. The number of hydrogen-bond donors (Lipinski definition) is 2. The molecule has 1 saturated heterocycles. The van der Waals surface area contributed by atoms with Crippen molar-refractivity contribution in [3.05, 3.63) is 52.3 Å². The molecule has 10 nitrogen and oxygen atoms in total. The van der Waals surface area contributed by atoms with E-state index in [-0.39, 0.29) is 35.8 Å². The first-order valence-electron chi connectivity index (χ1n) is 11.4. The number of aromatic nitrogens is 3. The van der Waals surface area contributed by atoms with Gasteiger partial charge < -0.3 is 15.2 Å². The van der Waals surface area contributed by atoms with Crippen LogP contribution in [0.1, 0.15) is 39.1 Å².